The van der Waals surface area contributed by atoms with Gasteiger partial charge in [-0.1, -0.05) is 11.6 Å². The van der Waals surface area contributed by atoms with Gasteiger partial charge in [0.15, 0.2) is 0 Å². The van der Waals surface area contributed by atoms with Crippen LogP contribution in [0, 0.1) is 17.0 Å². The third-order valence-electron chi connectivity index (χ3n) is 3.16. The van der Waals surface area contributed by atoms with Crippen molar-refractivity contribution in [3.63, 3.8) is 0 Å². The number of anilines is 2. The van der Waals surface area contributed by atoms with E-state index in [1.165, 1.54) is 18.2 Å². The smallest absolute Gasteiger partial charge is 0.293 e. The molecule has 0 aromatic heterocycles. The van der Waals surface area contributed by atoms with E-state index < -0.39 is 10.8 Å². The minimum Gasteiger partial charge on any atom is -0.383 e. The Morgan fingerprint density at radius 2 is 1.86 bits per heavy atom. The Morgan fingerprint density at radius 3 is 2.45 bits per heavy atom. The van der Waals surface area contributed by atoms with Crippen molar-refractivity contribution in [1.29, 1.82) is 0 Å². The highest BCUT2D eigenvalue weighted by Gasteiger charge is 2.17. The molecule has 0 spiro atoms. The molecule has 0 bridgehead atoms. The second kappa shape index (κ2) is 6.44. The molecule has 0 aliphatic carbocycles. The predicted molar refractivity (Wildman–Crippen MR) is 86.8 cm³/mol. The van der Waals surface area contributed by atoms with Crippen molar-refractivity contribution in [2.45, 2.75) is 6.92 Å². The molecule has 1 amide bonds. The molecule has 0 unspecified atom stereocenters. The van der Waals surface area contributed by atoms with Gasteiger partial charge in [0.2, 0.25) is 0 Å². The average Bonchev–Trinajstić information content (AvgIpc) is 2.49. The number of benzene rings is 2. The zero-order chi connectivity index (χ0) is 16.3. The monoisotopic (exact) mass is 319 g/mol. The zero-order valence-corrected chi connectivity index (χ0v) is 12.8. The molecule has 2 aromatic rings. The molecule has 0 aliphatic rings. The van der Waals surface area contributed by atoms with E-state index >= 15 is 0 Å². The number of nitro groups is 1. The summed E-state index contributed by atoms with van der Waals surface area (Å²) < 4.78 is 0. The summed E-state index contributed by atoms with van der Waals surface area (Å²) in [5.74, 6) is -0.420. The van der Waals surface area contributed by atoms with Gasteiger partial charge in [-0.3, -0.25) is 14.9 Å². The first-order chi connectivity index (χ1) is 10.4. The summed E-state index contributed by atoms with van der Waals surface area (Å²) in [5, 5.41) is 17.0. The topological polar surface area (TPSA) is 84.3 Å². The number of carbonyl (C=O) groups is 1. The average molecular weight is 320 g/mol. The molecule has 2 rings (SSSR count). The first kappa shape index (κ1) is 15.8. The van der Waals surface area contributed by atoms with Gasteiger partial charge in [0, 0.05) is 29.4 Å². The van der Waals surface area contributed by atoms with Gasteiger partial charge in [0.1, 0.15) is 5.69 Å². The number of carbonyl (C=O) groups excluding carboxylic acids is 1. The Hall–Kier alpha value is -2.60. The van der Waals surface area contributed by atoms with E-state index in [1.54, 1.807) is 25.2 Å². The summed E-state index contributed by atoms with van der Waals surface area (Å²) in [6.45, 7) is 1.81. The Bertz CT molecular complexity index is 747. The first-order valence-corrected chi connectivity index (χ1v) is 6.84. The Kier molecular flexibility index (Phi) is 4.62. The maximum absolute atomic E-state index is 12.2. The molecule has 0 saturated heterocycles. The van der Waals surface area contributed by atoms with Crippen LogP contribution in [0.3, 0.4) is 0 Å². The van der Waals surface area contributed by atoms with Crippen molar-refractivity contribution in [2.24, 2.45) is 0 Å². The van der Waals surface area contributed by atoms with Gasteiger partial charge in [-0.2, -0.15) is 0 Å². The minimum absolute atomic E-state index is 0.150. The quantitative estimate of drug-likeness (QED) is 0.662. The van der Waals surface area contributed by atoms with Crippen LogP contribution < -0.4 is 10.6 Å². The largest absolute Gasteiger partial charge is 0.383 e. The third kappa shape index (κ3) is 3.35. The van der Waals surface area contributed by atoms with Gasteiger partial charge < -0.3 is 10.6 Å². The van der Waals surface area contributed by atoms with Gasteiger partial charge in [-0.05, 0) is 42.8 Å². The SMILES string of the molecule is CNc1ccc(C(=O)Nc2ccc(Cl)cc2C)cc1[N+](=O)[O-]. The van der Waals surface area contributed by atoms with Crippen molar-refractivity contribution in [3.05, 3.63) is 62.7 Å². The van der Waals surface area contributed by atoms with Gasteiger partial charge in [0.05, 0.1) is 4.92 Å². The molecule has 22 heavy (non-hydrogen) atoms. The van der Waals surface area contributed by atoms with Gasteiger partial charge in [-0.15, -0.1) is 0 Å². The maximum Gasteiger partial charge on any atom is 0.293 e. The highest BCUT2D eigenvalue weighted by Crippen LogP contribution is 2.26. The number of nitro benzene ring substituents is 1. The molecular weight excluding hydrogens is 306 g/mol. The van der Waals surface area contributed by atoms with Gasteiger partial charge in [0.25, 0.3) is 11.6 Å². The lowest BCUT2D eigenvalue weighted by Gasteiger charge is -2.09. The molecule has 2 N–H and O–H groups in total. The van der Waals surface area contributed by atoms with Crippen LogP contribution in [0.4, 0.5) is 17.1 Å². The summed E-state index contributed by atoms with van der Waals surface area (Å²) in [6, 6.07) is 9.35. The van der Waals surface area contributed by atoms with E-state index in [2.05, 4.69) is 10.6 Å². The molecule has 114 valence electrons. The number of rotatable bonds is 4. The van der Waals surface area contributed by atoms with Gasteiger partial charge >= 0.3 is 0 Å². The lowest BCUT2D eigenvalue weighted by molar-refractivity contribution is -0.384. The molecule has 0 fully saturated rings. The standard InChI is InChI=1S/C15H14ClN3O3/c1-9-7-11(16)4-6-12(9)18-15(20)10-3-5-13(17-2)14(8-10)19(21)22/h3-8,17H,1-2H3,(H,18,20). The van der Waals surface area contributed by atoms with Crippen molar-refractivity contribution in [1.82, 2.24) is 0 Å². The fourth-order valence-corrected chi connectivity index (χ4v) is 2.22. The Morgan fingerprint density at radius 1 is 1.18 bits per heavy atom. The number of hydrogen-bond donors (Lipinski definition) is 2. The first-order valence-electron chi connectivity index (χ1n) is 6.46. The van der Waals surface area contributed by atoms with Crippen LogP contribution in [0.15, 0.2) is 36.4 Å². The number of aryl methyl sites for hydroxylation is 1. The molecule has 0 heterocycles. The van der Waals surface area contributed by atoms with Gasteiger partial charge in [-0.25, -0.2) is 0 Å². The van der Waals surface area contributed by atoms with Crippen molar-refractivity contribution in [3.8, 4) is 0 Å². The number of nitrogens with zero attached hydrogens (tertiary/aromatic N) is 1. The van der Waals surface area contributed by atoms with Crippen LogP contribution in [0.5, 0.6) is 0 Å². The van der Waals surface area contributed by atoms with Crippen molar-refractivity contribution in [2.75, 3.05) is 17.7 Å². The Balaban J connectivity index is 2.30. The van der Waals surface area contributed by atoms with E-state index in [9.17, 15) is 14.9 Å². The van der Waals surface area contributed by atoms with Crippen LogP contribution >= 0.6 is 11.6 Å². The zero-order valence-electron chi connectivity index (χ0n) is 12.0. The van der Waals surface area contributed by atoms with E-state index in [1.807, 2.05) is 6.92 Å². The molecule has 2 aromatic carbocycles. The van der Waals surface area contributed by atoms with E-state index in [0.29, 0.717) is 16.4 Å². The molecule has 7 heteroatoms. The second-order valence-electron chi connectivity index (χ2n) is 4.65. The molecule has 0 radical (unpaired) electrons. The lowest BCUT2D eigenvalue weighted by Crippen LogP contribution is -2.13. The summed E-state index contributed by atoms with van der Waals surface area (Å²) in [5.41, 5.74) is 1.82. The molecule has 0 saturated carbocycles. The molecule has 0 atom stereocenters. The molecule has 6 nitrogen and oxygen atoms in total. The lowest BCUT2D eigenvalue weighted by atomic mass is 10.1. The highest BCUT2D eigenvalue weighted by molar-refractivity contribution is 6.30. The van der Waals surface area contributed by atoms with Crippen LogP contribution in [0.2, 0.25) is 5.02 Å². The van der Waals surface area contributed by atoms with E-state index in [-0.39, 0.29) is 11.3 Å². The predicted octanol–water partition coefficient (Wildman–Crippen LogP) is 3.85. The second-order valence-corrected chi connectivity index (χ2v) is 5.09. The maximum atomic E-state index is 12.2. The number of hydrogen-bond acceptors (Lipinski definition) is 4. The number of nitrogens with one attached hydrogen (secondary N) is 2. The summed E-state index contributed by atoms with van der Waals surface area (Å²) in [6.07, 6.45) is 0. The summed E-state index contributed by atoms with van der Waals surface area (Å²) in [4.78, 5) is 22.7. The molecule has 0 aliphatic heterocycles. The Labute approximate surface area is 132 Å². The fourth-order valence-electron chi connectivity index (χ4n) is 2.00. The third-order valence-corrected chi connectivity index (χ3v) is 3.40. The van der Waals surface area contributed by atoms with Crippen LogP contribution in [-0.4, -0.2) is 17.9 Å². The minimum atomic E-state index is -0.532. The van der Waals surface area contributed by atoms with Crippen LogP contribution in [-0.2, 0) is 0 Å². The molecular formula is C15H14ClN3O3. The highest BCUT2D eigenvalue weighted by atomic mass is 35.5. The normalized spacial score (nSPS) is 10.1. The fraction of sp³-hybridized carbons (Fsp3) is 0.133. The van der Waals surface area contributed by atoms with Crippen LogP contribution in [0.1, 0.15) is 15.9 Å². The summed E-state index contributed by atoms with van der Waals surface area (Å²) >= 11 is 5.86. The van der Waals surface area contributed by atoms with E-state index in [4.69, 9.17) is 11.6 Å². The summed E-state index contributed by atoms with van der Waals surface area (Å²) in [7, 11) is 1.58. The van der Waals surface area contributed by atoms with E-state index in [0.717, 1.165) is 5.56 Å². The van der Waals surface area contributed by atoms with Crippen molar-refractivity contribution < 1.29 is 9.72 Å². The van der Waals surface area contributed by atoms with Crippen LogP contribution in [0.25, 0.3) is 0 Å². The number of halogens is 1. The van der Waals surface area contributed by atoms with Crippen molar-refractivity contribution >= 4 is 34.6 Å². The number of amides is 1.